The van der Waals surface area contributed by atoms with Gasteiger partial charge in [0.25, 0.3) is 0 Å². The van der Waals surface area contributed by atoms with Crippen LogP contribution in [0.25, 0.3) is 0 Å². The second-order valence-corrected chi connectivity index (χ2v) is 4.98. The van der Waals surface area contributed by atoms with Gasteiger partial charge < -0.3 is 15.5 Å². The zero-order valence-electron chi connectivity index (χ0n) is 6.40. The molecule has 0 aliphatic carbocycles. The van der Waals surface area contributed by atoms with E-state index < -0.39 is 12.9 Å². The molecule has 0 saturated heterocycles. The highest BCUT2D eigenvalue weighted by atomic mass is 31.2. The molecule has 5 heteroatoms. The van der Waals surface area contributed by atoms with Crippen LogP contribution in [-0.4, -0.2) is 15.1 Å². The normalized spacial score (nSPS) is 19.1. The van der Waals surface area contributed by atoms with Crippen LogP contribution in [-0.2, 0) is 4.57 Å². The molecule has 0 aliphatic heterocycles. The second kappa shape index (κ2) is 2.62. The molecule has 0 radical (unpaired) electrons. The van der Waals surface area contributed by atoms with Crippen LogP contribution in [0.3, 0.4) is 0 Å². The summed E-state index contributed by atoms with van der Waals surface area (Å²) in [5, 5.41) is -1.40. The summed E-state index contributed by atoms with van der Waals surface area (Å²) in [4.78, 5) is 17.4. The quantitative estimate of drug-likeness (QED) is 0.523. The molecule has 4 N–H and O–H groups in total. The third kappa shape index (κ3) is 1.80. The first-order chi connectivity index (χ1) is 4.19. The Morgan fingerprint density at radius 1 is 1.50 bits per heavy atom. The van der Waals surface area contributed by atoms with Gasteiger partial charge in [0.1, 0.15) is 5.28 Å². The Bertz CT molecular complexity index is 160. The van der Waals surface area contributed by atoms with Crippen molar-refractivity contribution in [3.05, 3.63) is 0 Å². The smallest absolute Gasteiger partial charge is 0.323 e. The molecule has 1 atom stereocenters. The van der Waals surface area contributed by atoms with E-state index >= 15 is 0 Å². The van der Waals surface area contributed by atoms with E-state index in [1.54, 1.807) is 13.8 Å². The predicted molar refractivity (Wildman–Crippen MR) is 39.5 cm³/mol. The standard InChI is InChI=1S/C5H14NO3P/c1-4(2)5(3,6)10(7,8)9/h4H,6H2,1-3H3,(H2,7,8,9). The molecule has 1 unspecified atom stereocenters. The Kier molecular flexibility index (Phi) is 2.65. The van der Waals surface area contributed by atoms with E-state index in [4.69, 9.17) is 15.5 Å². The van der Waals surface area contributed by atoms with Gasteiger partial charge in [0.15, 0.2) is 0 Å². The molecule has 0 aliphatic rings. The molecule has 0 bridgehead atoms. The molecular formula is C5H14NO3P. The number of rotatable bonds is 2. The van der Waals surface area contributed by atoms with Gasteiger partial charge in [-0.3, -0.25) is 4.57 Å². The summed E-state index contributed by atoms with van der Waals surface area (Å²) >= 11 is 0. The van der Waals surface area contributed by atoms with E-state index in [-0.39, 0.29) is 5.92 Å². The van der Waals surface area contributed by atoms with Crippen molar-refractivity contribution in [1.82, 2.24) is 0 Å². The van der Waals surface area contributed by atoms with Crippen molar-refractivity contribution in [3.63, 3.8) is 0 Å². The highest BCUT2D eigenvalue weighted by Crippen LogP contribution is 2.50. The molecule has 10 heavy (non-hydrogen) atoms. The van der Waals surface area contributed by atoms with Gasteiger partial charge in [-0.1, -0.05) is 13.8 Å². The van der Waals surface area contributed by atoms with Gasteiger partial charge in [0, 0.05) is 0 Å². The molecule has 0 heterocycles. The van der Waals surface area contributed by atoms with E-state index in [0.29, 0.717) is 0 Å². The Balaban J connectivity index is 4.58. The average molecular weight is 167 g/mol. The molecule has 4 nitrogen and oxygen atoms in total. The largest absolute Gasteiger partial charge is 0.345 e. The van der Waals surface area contributed by atoms with E-state index in [9.17, 15) is 4.57 Å². The number of nitrogens with two attached hydrogens (primary N) is 1. The molecule has 0 saturated carbocycles. The summed E-state index contributed by atoms with van der Waals surface area (Å²) in [6, 6.07) is 0. The van der Waals surface area contributed by atoms with E-state index in [1.165, 1.54) is 6.92 Å². The molecule has 0 aromatic carbocycles. The van der Waals surface area contributed by atoms with Gasteiger partial charge in [-0.25, -0.2) is 0 Å². The molecule has 0 aromatic rings. The average Bonchev–Trinajstić information content (AvgIpc) is 1.62. The van der Waals surface area contributed by atoms with Gasteiger partial charge in [0.05, 0.1) is 0 Å². The van der Waals surface area contributed by atoms with Crippen LogP contribution in [0.1, 0.15) is 20.8 Å². The van der Waals surface area contributed by atoms with Gasteiger partial charge in [-0.05, 0) is 12.8 Å². The van der Waals surface area contributed by atoms with Crippen molar-refractivity contribution in [2.75, 3.05) is 0 Å². The molecule has 0 aromatic heterocycles. The van der Waals surface area contributed by atoms with E-state index in [2.05, 4.69) is 0 Å². The summed E-state index contributed by atoms with van der Waals surface area (Å²) in [6.07, 6.45) is 0. The summed E-state index contributed by atoms with van der Waals surface area (Å²) in [7, 11) is -4.15. The highest BCUT2D eigenvalue weighted by Gasteiger charge is 2.41. The fourth-order valence-electron chi connectivity index (χ4n) is 0.336. The Morgan fingerprint density at radius 3 is 1.80 bits per heavy atom. The minimum absolute atomic E-state index is 0.228. The first-order valence-electron chi connectivity index (χ1n) is 3.04. The third-order valence-electron chi connectivity index (χ3n) is 1.80. The minimum Gasteiger partial charge on any atom is -0.323 e. The van der Waals surface area contributed by atoms with Crippen LogP contribution in [0.4, 0.5) is 0 Å². The highest BCUT2D eigenvalue weighted by molar-refractivity contribution is 7.53. The SMILES string of the molecule is CC(C)C(C)(N)P(=O)(O)O. The zero-order valence-corrected chi connectivity index (χ0v) is 7.30. The van der Waals surface area contributed by atoms with Crippen molar-refractivity contribution in [2.24, 2.45) is 11.7 Å². The molecule has 0 fully saturated rings. The van der Waals surface area contributed by atoms with Crippen LogP contribution >= 0.6 is 7.60 Å². The van der Waals surface area contributed by atoms with Crippen LogP contribution in [0.15, 0.2) is 0 Å². The molecular weight excluding hydrogens is 153 g/mol. The van der Waals surface area contributed by atoms with Crippen LogP contribution in [0, 0.1) is 5.92 Å². The first kappa shape index (κ1) is 10.1. The van der Waals surface area contributed by atoms with Crippen molar-refractivity contribution in [1.29, 1.82) is 0 Å². The Hall–Kier alpha value is 0.110. The Morgan fingerprint density at radius 2 is 1.80 bits per heavy atom. The van der Waals surface area contributed by atoms with Crippen molar-refractivity contribution in [3.8, 4) is 0 Å². The summed E-state index contributed by atoms with van der Waals surface area (Å²) in [6.45, 7) is 4.72. The van der Waals surface area contributed by atoms with Crippen molar-refractivity contribution in [2.45, 2.75) is 26.1 Å². The molecule has 0 amide bonds. The maximum Gasteiger partial charge on any atom is 0.345 e. The number of hydrogen-bond acceptors (Lipinski definition) is 2. The molecule has 62 valence electrons. The predicted octanol–water partition coefficient (Wildman–Crippen LogP) is 0.495. The lowest BCUT2D eigenvalue weighted by atomic mass is 10.1. The fraction of sp³-hybridized carbons (Fsp3) is 1.00. The Labute approximate surface area is 60.6 Å². The van der Waals surface area contributed by atoms with E-state index in [0.717, 1.165) is 0 Å². The van der Waals surface area contributed by atoms with E-state index in [1.807, 2.05) is 0 Å². The zero-order chi connectivity index (χ0) is 8.58. The monoisotopic (exact) mass is 167 g/mol. The van der Waals surface area contributed by atoms with Crippen LogP contribution in [0.5, 0.6) is 0 Å². The van der Waals surface area contributed by atoms with Gasteiger partial charge in [-0.15, -0.1) is 0 Å². The third-order valence-corrected chi connectivity index (χ3v) is 3.57. The van der Waals surface area contributed by atoms with Gasteiger partial charge >= 0.3 is 7.60 Å². The van der Waals surface area contributed by atoms with Crippen molar-refractivity contribution < 1.29 is 14.4 Å². The van der Waals surface area contributed by atoms with Crippen LogP contribution < -0.4 is 5.73 Å². The summed E-state index contributed by atoms with van der Waals surface area (Å²) in [5.41, 5.74) is 5.37. The van der Waals surface area contributed by atoms with Gasteiger partial charge in [0.2, 0.25) is 0 Å². The molecule has 0 spiro atoms. The van der Waals surface area contributed by atoms with Crippen molar-refractivity contribution >= 4 is 7.60 Å². The van der Waals surface area contributed by atoms with Gasteiger partial charge in [-0.2, -0.15) is 0 Å². The lowest BCUT2D eigenvalue weighted by Gasteiger charge is -2.29. The fourth-order valence-corrected chi connectivity index (χ4v) is 1.01. The maximum absolute atomic E-state index is 10.7. The number of hydrogen-bond donors (Lipinski definition) is 3. The maximum atomic E-state index is 10.7. The lowest BCUT2D eigenvalue weighted by molar-refractivity contribution is 0.300. The summed E-state index contributed by atoms with van der Waals surface area (Å²) in [5.74, 6) is -0.228. The van der Waals surface area contributed by atoms with Crippen LogP contribution in [0.2, 0.25) is 0 Å². The topological polar surface area (TPSA) is 83.6 Å². The second-order valence-electron chi connectivity index (χ2n) is 2.92. The lowest BCUT2D eigenvalue weighted by Crippen LogP contribution is -2.41. The summed E-state index contributed by atoms with van der Waals surface area (Å²) < 4.78 is 10.7. The minimum atomic E-state index is -4.15. The molecule has 0 rings (SSSR count). The first-order valence-corrected chi connectivity index (χ1v) is 4.65.